The topological polar surface area (TPSA) is 96.0 Å². The molecule has 0 heterocycles. The van der Waals surface area contributed by atoms with E-state index in [9.17, 15) is 18.0 Å². The van der Waals surface area contributed by atoms with Crippen molar-refractivity contribution in [1.82, 2.24) is 10.2 Å². The van der Waals surface area contributed by atoms with Crippen LogP contribution in [0.2, 0.25) is 0 Å². The van der Waals surface area contributed by atoms with Crippen molar-refractivity contribution in [2.45, 2.75) is 43.1 Å². The normalized spacial score (nSPS) is 11.9. The number of hydrogen-bond acceptors (Lipinski definition) is 6. The summed E-state index contributed by atoms with van der Waals surface area (Å²) >= 11 is 4.95. The quantitative estimate of drug-likeness (QED) is 0.252. The number of carbonyl (C=O) groups is 2. The number of ether oxygens (including phenoxy) is 1. The standard InChI is InChI=1S/C29H34BrN3O5S2/c1-5-31-29(35)21(3)32(19-22-10-9-11-23(30)18-22)28(34)20-33(26-12-7-8-13-27(26)38-6-2)40(36,37)25-16-14-24(39-4)15-17-25/h7-18,21H,5-6,19-20H2,1-4H3,(H,31,35). The molecule has 0 aromatic heterocycles. The Morgan fingerprint density at radius 3 is 2.35 bits per heavy atom. The molecule has 0 saturated heterocycles. The molecule has 0 aliphatic carbocycles. The van der Waals surface area contributed by atoms with Gasteiger partial charge in [0.2, 0.25) is 11.8 Å². The van der Waals surface area contributed by atoms with Gasteiger partial charge in [-0.05, 0) is 81.1 Å². The molecular formula is C29H34BrN3O5S2. The molecule has 1 unspecified atom stereocenters. The number of likely N-dealkylation sites (N-methyl/N-ethyl adjacent to an activating group) is 1. The molecule has 0 radical (unpaired) electrons. The van der Waals surface area contributed by atoms with Gasteiger partial charge < -0.3 is 15.0 Å². The van der Waals surface area contributed by atoms with Gasteiger partial charge in [-0.15, -0.1) is 11.8 Å². The zero-order chi connectivity index (χ0) is 29.3. The van der Waals surface area contributed by atoms with Crippen LogP contribution in [0, 0.1) is 0 Å². The predicted molar refractivity (Wildman–Crippen MR) is 163 cm³/mol. The highest BCUT2D eigenvalue weighted by atomic mass is 79.9. The fourth-order valence-corrected chi connectivity index (χ4v) is 6.35. The van der Waals surface area contributed by atoms with Gasteiger partial charge in [0.15, 0.2) is 0 Å². The number of nitrogens with zero attached hydrogens (tertiary/aromatic N) is 2. The monoisotopic (exact) mass is 647 g/mol. The zero-order valence-electron chi connectivity index (χ0n) is 23.0. The summed E-state index contributed by atoms with van der Waals surface area (Å²) in [6.07, 6.45) is 1.91. The average molecular weight is 649 g/mol. The lowest BCUT2D eigenvalue weighted by Crippen LogP contribution is -2.51. The summed E-state index contributed by atoms with van der Waals surface area (Å²) in [5.74, 6) is -0.533. The second-order valence-corrected chi connectivity index (χ2v) is 12.5. The first-order chi connectivity index (χ1) is 19.1. The second kappa shape index (κ2) is 14.6. The third kappa shape index (κ3) is 7.80. The summed E-state index contributed by atoms with van der Waals surface area (Å²) in [5, 5.41) is 2.76. The first-order valence-corrected chi connectivity index (χ1v) is 16.3. The maximum Gasteiger partial charge on any atom is 0.264 e. The molecule has 0 saturated carbocycles. The molecule has 0 fully saturated rings. The number of para-hydroxylation sites is 2. The SMILES string of the molecule is CCNC(=O)C(C)N(Cc1cccc(Br)c1)C(=O)CN(c1ccccc1OCC)S(=O)(=O)c1ccc(SC)cc1. The van der Waals surface area contributed by atoms with Crippen molar-refractivity contribution in [3.05, 3.63) is 82.8 Å². The van der Waals surface area contributed by atoms with Crippen LogP contribution >= 0.6 is 27.7 Å². The van der Waals surface area contributed by atoms with Crippen LogP contribution in [0.4, 0.5) is 5.69 Å². The van der Waals surface area contributed by atoms with Crippen LogP contribution in [0.25, 0.3) is 0 Å². The van der Waals surface area contributed by atoms with Gasteiger partial charge >= 0.3 is 0 Å². The third-order valence-electron chi connectivity index (χ3n) is 6.12. The summed E-state index contributed by atoms with van der Waals surface area (Å²) in [6, 6.07) is 19.8. The van der Waals surface area contributed by atoms with Gasteiger partial charge in [-0.3, -0.25) is 13.9 Å². The lowest BCUT2D eigenvalue weighted by Gasteiger charge is -2.32. The van der Waals surface area contributed by atoms with E-state index in [0.29, 0.717) is 18.9 Å². The third-order valence-corrected chi connectivity index (χ3v) is 9.13. The van der Waals surface area contributed by atoms with E-state index >= 15 is 0 Å². The molecule has 11 heteroatoms. The van der Waals surface area contributed by atoms with Crippen LogP contribution in [0.3, 0.4) is 0 Å². The molecule has 0 spiro atoms. The van der Waals surface area contributed by atoms with Crippen molar-refractivity contribution < 1.29 is 22.7 Å². The minimum Gasteiger partial charge on any atom is -0.492 e. The van der Waals surface area contributed by atoms with Gasteiger partial charge in [-0.1, -0.05) is 40.2 Å². The Morgan fingerprint density at radius 2 is 1.73 bits per heavy atom. The Balaban J connectivity index is 2.09. The van der Waals surface area contributed by atoms with Crippen LogP contribution in [-0.2, 0) is 26.2 Å². The van der Waals surface area contributed by atoms with E-state index in [4.69, 9.17) is 4.74 Å². The summed E-state index contributed by atoms with van der Waals surface area (Å²) < 4.78 is 35.8. The Hall–Kier alpha value is -3.02. The van der Waals surface area contributed by atoms with Gasteiger partial charge in [0.1, 0.15) is 18.3 Å². The molecule has 1 N–H and O–H groups in total. The Morgan fingerprint density at radius 1 is 1.02 bits per heavy atom. The molecule has 1 atom stereocenters. The zero-order valence-corrected chi connectivity index (χ0v) is 26.2. The van der Waals surface area contributed by atoms with Crippen molar-refractivity contribution in [2.75, 3.05) is 30.3 Å². The number of rotatable bonds is 13. The summed E-state index contributed by atoms with van der Waals surface area (Å²) in [6.45, 7) is 5.52. The molecule has 0 aliphatic rings. The number of thioether (sulfide) groups is 1. The molecule has 214 valence electrons. The largest absolute Gasteiger partial charge is 0.492 e. The average Bonchev–Trinajstić information content (AvgIpc) is 2.95. The molecule has 40 heavy (non-hydrogen) atoms. The summed E-state index contributed by atoms with van der Waals surface area (Å²) in [4.78, 5) is 29.2. The number of carbonyl (C=O) groups excluding carboxylic acids is 2. The highest BCUT2D eigenvalue weighted by molar-refractivity contribution is 9.10. The van der Waals surface area contributed by atoms with Crippen LogP contribution < -0.4 is 14.4 Å². The minimum atomic E-state index is -4.20. The van der Waals surface area contributed by atoms with Gasteiger partial charge in [0.25, 0.3) is 10.0 Å². The summed E-state index contributed by atoms with van der Waals surface area (Å²) in [7, 11) is -4.20. The van der Waals surface area contributed by atoms with Crippen molar-refractivity contribution in [3.63, 3.8) is 0 Å². The first kappa shape index (κ1) is 31.5. The van der Waals surface area contributed by atoms with E-state index in [2.05, 4.69) is 21.2 Å². The fourth-order valence-electron chi connectivity index (χ4n) is 4.07. The molecule has 0 bridgehead atoms. The number of halogens is 1. The second-order valence-electron chi connectivity index (χ2n) is 8.81. The highest BCUT2D eigenvalue weighted by Gasteiger charge is 2.33. The van der Waals surface area contributed by atoms with Crippen LogP contribution in [-0.4, -0.2) is 57.1 Å². The van der Waals surface area contributed by atoms with Crippen molar-refractivity contribution in [3.8, 4) is 5.75 Å². The number of benzene rings is 3. The molecule has 3 aromatic carbocycles. The van der Waals surface area contributed by atoms with E-state index in [1.54, 1.807) is 57.2 Å². The lowest BCUT2D eigenvalue weighted by molar-refractivity contribution is -0.139. The minimum absolute atomic E-state index is 0.0414. The maximum atomic E-state index is 14.1. The maximum absolute atomic E-state index is 14.1. The Kier molecular flexibility index (Phi) is 11.5. The van der Waals surface area contributed by atoms with E-state index in [-0.39, 0.29) is 23.0 Å². The van der Waals surface area contributed by atoms with E-state index < -0.39 is 28.5 Å². The van der Waals surface area contributed by atoms with Gasteiger partial charge in [0.05, 0.1) is 17.2 Å². The smallest absolute Gasteiger partial charge is 0.264 e. The van der Waals surface area contributed by atoms with Crippen molar-refractivity contribution in [1.29, 1.82) is 0 Å². The first-order valence-electron chi connectivity index (χ1n) is 12.8. The molecule has 8 nitrogen and oxygen atoms in total. The molecule has 3 aromatic rings. The highest BCUT2D eigenvalue weighted by Crippen LogP contribution is 2.33. The molecular weight excluding hydrogens is 614 g/mol. The van der Waals surface area contributed by atoms with Gasteiger partial charge in [0, 0.05) is 22.5 Å². The fraction of sp³-hybridized carbons (Fsp3) is 0.310. The van der Waals surface area contributed by atoms with E-state index in [0.717, 1.165) is 19.2 Å². The Bertz CT molecular complexity index is 1420. The van der Waals surface area contributed by atoms with Crippen LogP contribution in [0.15, 0.2) is 87.1 Å². The number of anilines is 1. The van der Waals surface area contributed by atoms with E-state index in [1.165, 1.54) is 28.8 Å². The number of amides is 2. The lowest BCUT2D eigenvalue weighted by atomic mass is 10.1. The molecule has 2 amide bonds. The number of nitrogens with one attached hydrogen (secondary N) is 1. The van der Waals surface area contributed by atoms with Crippen LogP contribution in [0.5, 0.6) is 5.75 Å². The molecule has 3 rings (SSSR count). The number of hydrogen-bond donors (Lipinski definition) is 1. The molecule has 0 aliphatic heterocycles. The number of sulfonamides is 1. The van der Waals surface area contributed by atoms with Gasteiger partial charge in [-0.2, -0.15) is 0 Å². The summed E-state index contributed by atoms with van der Waals surface area (Å²) in [5.41, 5.74) is 1.02. The predicted octanol–water partition coefficient (Wildman–Crippen LogP) is 5.32. The van der Waals surface area contributed by atoms with E-state index in [1.807, 2.05) is 30.5 Å². The van der Waals surface area contributed by atoms with Crippen LogP contribution in [0.1, 0.15) is 26.3 Å². The van der Waals surface area contributed by atoms with Crippen molar-refractivity contribution in [2.24, 2.45) is 0 Å². The van der Waals surface area contributed by atoms with Crippen molar-refractivity contribution >= 4 is 55.2 Å². The Labute approximate surface area is 249 Å². The van der Waals surface area contributed by atoms with Gasteiger partial charge in [-0.25, -0.2) is 8.42 Å².